The zero-order valence-corrected chi connectivity index (χ0v) is 4.81. The summed E-state index contributed by atoms with van der Waals surface area (Å²) in [5.74, 6) is 0. The van der Waals surface area contributed by atoms with Crippen LogP contribution in [-0.4, -0.2) is 8.41 Å². The molecule has 0 atom stereocenters. The van der Waals surface area contributed by atoms with Gasteiger partial charge in [-0.05, 0) is 0 Å². The zero-order valence-electron chi connectivity index (χ0n) is 1.52. The molecule has 0 fully saturated rings. The van der Waals surface area contributed by atoms with Crippen LogP contribution in [0.4, 0.5) is 0 Å². The maximum atomic E-state index is 0. The van der Waals surface area contributed by atoms with Gasteiger partial charge in [-0.3, -0.25) is 0 Å². The summed E-state index contributed by atoms with van der Waals surface area (Å²) < 4.78 is 0. The fraction of sp³-hybridized carbons (Fsp3) is 0. The van der Waals surface area contributed by atoms with Gasteiger partial charge in [0.2, 0.25) is 0 Å². The van der Waals surface area contributed by atoms with E-state index in [1.165, 1.54) is 0 Å². The molecule has 0 rings (SSSR count). The predicted molar refractivity (Wildman–Crippen MR) is 15.0 cm³/mol. The van der Waals surface area contributed by atoms with Crippen LogP contribution in [0.1, 0.15) is 0 Å². The third-order valence-corrected chi connectivity index (χ3v) is 0. The van der Waals surface area contributed by atoms with Gasteiger partial charge < -0.3 is 6.15 Å². The Morgan fingerprint density at radius 1 is 1.00 bits per heavy atom. The molecule has 0 aliphatic carbocycles. The quantitative estimate of drug-likeness (QED) is 0.474. The van der Waals surface area contributed by atoms with Crippen LogP contribution in [0, 0.1) is 0 Å². The Morgan fingerprint density at radius 3 is 1.00 bits per heavy atom. The number of hydrogen-bond acceptors (Lipinski definition) is 1. The molecule has 0 aromatic carbocycles. The largest absolute Gasteiger partial charge is 0.344 e. The van der Waals surface area contributed by atoms with Crippen molar-refractivity contribution in [3.63, 3.8) is 0 Å². The van der Waals surface area contributed by atoms with Crippen molar-refractivity contribution in [2.75, 3.05) is 0 Å². The molecule has 4 heteroatoms. The summed E-state index contributed by atoms with van der Waals surface area (Å²) in [6.45, 7) is 0. The molecule has 0 heterocycles. The van der Waals surface area contributed by atoms with E-state index in [4.69, 9.17) is 0 Å². The molecule has 0 saturated heterocycles. The van der Waals surface area contributed by atoms with Gasteiger partial charge in [-0.1, -0.05) is 0 Å². The molecule has 26 valence electrons. The van der Waals surface area contributed by atoms with Crippen molar-refractivity contribution in [1.29, 1.82) is 0 Å². The first kappa shape index (κ1) is 60.9. The van der Waals surface area contributed by atoms with Gasteiger partial charge in [-0.2, -0.15) is 0 Å². The Labute approximate surface area is 53.1 Å². The van der Waals surface area contributed by atoms with Crippen molar-refractivity contribution in [3.05, 3.63) is 0 Å². The monoisotopic (exact) mass is 181 g/mol. The van der Waals surface area contributed by atoms with Crippen LogP contribution in [0.25, 0.3) is 0 Å². The molecule has 0 amide bonds. The van der Waals surface area contributed by atoms with Crippen LogP contribution in [0.15, 0.2) is 0 Å². The van der Waals surface area contributed by atoms with Crippen molar-refractivity contribution in [3.8, 4) is 0 Å². The molecule has 4 heavy (non-hydrogen) atoms. The second-order valence-electron chi connectivity index (χ2n) is 0. The van der Waals surface area contributed by atoms with Crippen LogP contribution < -0.4 is 6.15 Å². The van der Waals surface area contributed by atoms with E-state index in [9.17, 15) is 0 Å². The van der Waals surface area contributed by atoms with Crippen LogP contribution in [0.5, 0.6) is 0 Å². The molecule has 0 saturated carbocycles. The fourth-order valence-corrected chi connectivity index (χ4v) is 0. The minimum absolute atomic E-state index is 0. The standard InChI is InChI=1S/BH3.Cr.Mo.H3N/h1H3;;;1H3. The summed E-state index contributed by atoms with van der Waals surface area (Å²) in [7, 11) is 0. The van der Waals surface area contributed by atoms with E-state index in [2.05, 4.69) is 0 Å². The normalized spacial score (nSPS) is 0. The Hall–Kier alpha value is 1.25. The second-order valence-corrected chi connectivity index (χ2v) is 0. The van der Waals surface area contributed by atoms with Crippen molar-refractivity contribution in [2.45, 2.75) is 0 Å². The predicted octanol–water partition coefficient (Wildman–Crippen LogP) is -1.03. The van der Waals surface area contributed by atoms with E-state index in [0.29, 0.717) is 0 Å². The molecule has 1 nitrogen and oxygen atoms in total. The van der Waals surface area contributed by atoms with Crippen molar-refractivity contribution >= 4 is 8.41 Å². The van der Waals surface area contributed by atoms with E-state index >= 15 is 0 Å². The summed E-state index contributed by atoms with van der Waals surface area (Å²) in [4.78, 5) is 0. The molecule has 0 spiro atoms. The molecular weight excluding hydrogens is 173 g/mol. The SMILES string of the molecule is B.N.[Cr].[Mo]. The summed E-state index contributed by atoms with van der Waals surface area (Å²) in [5.41, 5.74) is 0. The first-order valence-electron chi connectivity index (χ1n) is 0. The van der Waals surface area contributed by atoms with Crippen LogP contribution in [0.2, 0.25) is 0 Å². The molecule has 3 N–H and O–H groups in total. The Bertz CT molecular complexity index is 8.00. The van der Waals surface area contributed by atoms with E-state index < -0.39 is 0 Å². The van der Waals surface area contributed by atoms with Gasteiger partial charge in [0.1, 0.15) is 0 Å². The molecule has 0 aliphatic rings. The Balaban J connectivity index is 0. The van der Waals surface area contributed by atoms with Gasteiger partial charge in [0.25, 0.3) is 0 Å². The maximum Gasteiger partial charge on any atom is 0.0814 e. The minimum Gasteiger partial charge on any atom is -0.344 e. The van der Waals surface area contributed by atoms with Crippen LogP contribution in [-0.2, 0) is 38.4 Å². The van der Waals surface area contributed by atoms with Crippen LogP contribution in [0.3, 0.4) is 0 Å². The third-order valence-electron chi connectivity index (χ3n) is 0. The van der Waals surface area contributed by atoms with Gasteiger partial charge in [0.05, 0.1) is 8.41 Å². The average molecular weight is 179 g/mol. The molecule has 0 radical (unpaired) electrons. The number of rotatable bonds is 0. The van der Waals surface area contributed by atoms with Crippen molar-refractivity contribution < 1.29 is 38.4 Å². The van der Waals surface area contributed by atoms with Gasteiger partial charge >= 0.3 is 0 Å². The van der Waals surface area contributed by atoms with Gasteiger partial charge in [0.15, 0.2) is 0 Å². The van der Waals surface area contributed by atoms with E-state index in [0.717, 1.165) is 0 Å². The molecule has 0 aliphatic heterocycles. The Morgan fingerprint density at radius 2 is 1.00 bits per heavy atom. The molecule has 0 unspecified atom stereocenters. The van der Waals surface area contributed by atoms with E-state index in [-0.39, 0.29) is 53.0 Å². The van der Waals surface area contributed by atoms with E-state index in [1.54, 1.807) is 0 Å². The Kier molecular flexibility index (Phi) is 439. The second kappa shape index (κ2) is 28.8. The zero-order chi connectivity index (χ0) is 0. The minimum atomic E-state index is 0. The maximum absolute atomic E-state index is 0. The smallest absolute Gasteiger partial charge is 0.0814 e. The van der Waals surface area contributed by atoms with Crippen molar-refractivity contribution in [2.24, 2.45) is 0 Å². The van der Waals surface area contributed by atoms with Gasteiger partial charge in [-0.25, -0.2) is 0 Å². The average Bonchev–Trinajstić information content (AvgIpc) is 0. The molecule has 0 aromatic rings. The molecule has 0 aromatic heterocycles. The summed E-state index contributed by atoms with van der Waals surface area (Å²) in [6.07, 6.45) is 0. The summed E-state index contributed by atoms with van der Waals surface area (Å²) in [6, 6.07) is 0. The van der Waals surface area contributed by atoms with Crippen molar-refractivity contribution in [1.82, 2.24) is 6.15 Å². The molecule has 0 bridgehead atoms. The van der Waals surface area contributed by atoms with Gasteiger partial charge in [0, 0.05) is 38.4 Å². The van der Waals surface area contributed by atoms with Crippen LogP contribution >= 0.6 is 0 Å². The van der Waals surface area contributed by atoms with E-state index in [1.807, 2.05) is 0 Å². The van der Waals surface area contributed by atoms with Gasteiger partial charge in [-0.15, -0.1) is 0 Å². The summed E-state index contributed by atoms with van der Waals surface area (Å²) >= 11 is 0. The number of hydrogen-bond donors (Lipinski definition) is 1. The topological polar surface area (TPSA) is 35.0 Å². The first-order valence-corrected chi connectivity index (χ1v) is 0. The summed E-state index contributed by atoms with van der Waals surface area (Å²) in [5, 5.41) is 0. The molecular formula is H6BCrMoN. The fourth-order valence-electron chi connectivity index (χ4n) is 0. The first-order chi connectivity index (χ1) is 0. The third kappa shape index (κ3) is 10.5.